The maximum absolute atomic E-state index is 10.9. The van der Waals surface area contributed by atoms with Gasteiger partial charge in [-0.25, -0.2) is 4.79 Å². The zero-order valence-corrected chi connectivity index (χ0v) is 8.04. The van der Waals surface area contributed by atoms with Crippen molar-refractivity contribution in [3.63, 3.8) is 0 Å². The lowest BCUT2D eigenvalue weighted by molar-refractivity contribution is -0.163. The van der Waals surface area contributed by atoms with Gasteiger partial charge in [0.1, 0.15) is 5.92 Å². The Kier molecular flexibility index (Phi) is 5.32. The fourth-order valence-corrected chi connectivity index (χ4v) is 0.906. The highest BCUT2D eigenvalue weighted by molar-refractivity contribution is 5.85. The lowest BCUT2D eigenvalue weighted by Crippen LogP contribution is -2.36. The van der Waals surface area contributed by atoms with Crippen LogP contribution in [0.3, 0.4) is 0 Å². The maximum atomic E-state index is 10.9. The smallest absolute Gasteiger partial charge is 0.333 e. The van der Waals surface area contributed by atoms with Gasteiger partial charge in [0.15, 0.2) is 6.10 Å². The molecule has 0 aromatic carbocycles. The molecule has 0 saturated carbocycles. The van der Waals surface area contributed by atoms with Crippen molar-refractivity contribution in [2.24, 2.45) is 5.92 Å². The lowest BCUT2D eigenvalue weighted by Gasteiger charge is -2.14. The van der Waals surface area contributed by atoms with E-state index in [9.17, 15) is 14.4 Å². The van der Waals surface area contributed by atoms with Gasteiger partial charge in [0.25, 0.3) is 0 Å². The number of carboxylic acid groups (broad SMARTS) is 2. The summed E-state index contributed by atoms with van der Waals surface area (Å²) in [6.45, 7) is 1.59. The first-order chi connectivity index (χ1) is 6.90. The average molecular weight is 220 g/mol. The lowest BCUT2D eigenvalue weighted by atomic mass is 9.99. The van der Waals surface area contributed by atoms with Gasteiger partial charge in [0, 0.05) is 0 Å². The highest BCUT2D eigenvalue weighted by Gasteiger charge is 2.34. The summed E-state index contributed by atoms with van der Waals surface area (Å²) >= 11 is 0. The minimum absolute atomic E-state index is 0.0638. The van der Waals surface area contributed by atoms with E-state index < -0.39 is 36.4 Å². The van der Waals surface area contributed by atoms with E-state index in [1.54, 1.807) is 0 Å². The Morgan fingerprint density at radius 1 is 1.20 bits per heavy atom. The topological polar surface area (TPSA) is 121 Å². The fraction of sp³-hybridized carbons (Fsp3) is 0.625. The minimum atomic E-state index is -2.12. The van der Waals surface area contributed by atoms with Crippen LogP contribution in [-0.4, -0.2) is 45.9 Å². The first-order valence-corrected chi connectivity index (χ1v) is 4.19. The summed E-state index contributed by atoms with van der Waals surface area (Å²) in [5, 5.41) is 25.9. The number of rotatable bonds is 6. The first-order valence-electron chi connectivity index (χ1n) is 4.19. The molecule has 0 aliphatic heterocycles. The average Bonchev–Trinajstić information content (AvgIpc) is 2.13. The number of hydrogen-bond acceptors (Lipinski definition) is 5. The fourth-order valence-electron chi connectivity index (χ4n) is 0.906. The van der Waals surface area contributed by atoms with Crippen molar-refractivity contribution >= 4 is 17.9 Å². The van der Waals surface area contributed by atoms with Gasteiger partial charge >= 0.3 is 17.9 Å². The van der Waals surface area contributed by atoms with Crippen molar-refractivity contribution in [2.45, 2.75) is 19.4 Å². The van der Waals surface area contributed by atoms with Crippen LogP contribution in [0.2, 0.25) is 0 Å². The van der Waals surface area contributed by atoms with Crippen molar-refractivity contribution in [3.8, 4) is 0 Å². The molecule has 0 radical (unpaired) electrons. The van der Waals surface area contributed by atoms with E-state index in [0.29, 0.717) is 0 Å². The summed E-state index contributed by atoms with van der Waals surface area (Å²) in [7, 11) is 0. The molecule has 2 atom stereocenters. The first kappa shape index (κ1) is 13.4. The summed E-state index contributed by atoms with van der Waals surface area (Å²) in [6.07, 6.45) is -2.79. The molecule has 3 N–H and O–H groups in total. The van der Waals surface area contributed by atoms with Gasteiger partial charge < -0.3 is 20.1 Å². The molecule has 0 aliphatic carbocycles. The molecule has 0 heterocycles. The number of carbonyl (C=O) groups excluding carboxylic acids is 1. The van der Waals surface area contributed by atoms with Crippen molar-refractivity contribution < 1.29 is 34.4 Å². The van der Waals surface area contributed by atoms with Gasteiger partial charge in [-0.3, -0.25) is 9.59 Å². The molecule has 0 aromatic rings. The molecular formula is C8H12O7. The number of carboxylic acids is 2. The Labute approximate surface area is 85.3 Å². The molecule has 7 heteroatoms. The van der Waals surface area contributed by atoms with Crippen molar-refractivity contribution in [1.82, 2.24) is 0 Å². The molecular weight excluding hydrogens is 208 g/mol. The second kappa shape index (κ2) is 5.97. The molecule has 0 fully saturated rings. The molecule has 0 amide bonds. The molecule has 0 saturated heterocycles. The zero-order chi connectivity index (χ0) is 12.0. The molecule has 0 aromatic heterocycles. The van der Waals surface area contributed by atoms with Crippen molar-refractivity contribution in [1.29, 1.82) is 0 Å². The third-order valence-corrected chi connectivity index (χ3v) is 1.64. The van der Waals surface area contributed by atoms with Crippen LogP contribution in [0, 0.1) is 5.92 Å². The number of esters is 1. The van der Waals surface area contributed by atoms with Crippen LogP contribution in [0.25, 0.3) is 0 Å². The van der Waals surface area contributed by atoms with Crippen LogP contribution in [0.15, 0.2) is 0 Å². The van der Waals surface area contributed by atoms with E-state index in [0.717, 1.165) is 0 Å². The van der Waals surface area contributed by atoms with Gasteiger partial charge in [-0.2, -0.15) is 0 Å². The van der Waals surface area contributed by atoms with Crippen LogP contribution in [0.5, 0.6) is 0 Å². The van der Waals surface area contributed by atoms with Crippen molar-refractivity contribution in [2.75, 3.05) is 6.61 Å². The second-order valence-corrected chi connectivity index (χ2v) is 2.74. The van der Waals surface area contributed by atoms with E-state index >= 15 is 0 Å². The third kappa shape index (κ3) is 4.41. The Morgan fingerprint density at radius 3 is 2.07 bits per heavy atom. The van der Waals surface area contributed by atoms with Crippen LogP contribution in [0.1, 0.15) is 13.3 Å². The van der Waals surface area contributed by atoms with Gasteiger partial charge in [-0.15, -0.1) is 0 Å². The summed E-state index contributed by atoms with van der Waals surface area (Å²) < 4.78 is 4.45. The Bertz CT molecular complexity index is 260. The maximum Gasteiger partial charge on any atom is 0.333 e. The number of aliphatic hydroxyl groups is 1. The third-order valence-electron chi connectivity index (χ3n) is 1.64. The summed E-state index contributed by atoms with van der Waals surface area (Å²) in [4.78, 5) is 31.8. The molecule has 86 valence electrons. The molecule has 0 bridgehead atoms. The van der Waals surface area contributed by atoms with Crippen LogP contribution in [0.4, 0.5) is 0 Å². The summed E-state index contributed by atoms with van der Waals surface area (Å²) in [6, 6.07) is 0. The van der Waals surface area contributed by atoms with E-state index in [2.05, 4.69) is 4.74 Å². The summed E-state index contributed by atoms with van der Waals surface area (Å²) in [5.74, 6) is -5.79. The van der Waals surface area contributed by atoms with E-state index in [1.165, 1.54) is 6.92 Å². The van der Waals surface area contributed by atoms with Crippen LogP contribution in [-0.2, 0) is 19.1 Å². The molecule has 7 nitrogen and oxygen atoms in total. The monoisotopic (exact) mass is 220 g/mol. The van der Waals surface area contributed by atoms with Gasteiger partial charge in [-0.05, 0) is 6.92 Å². The highest BCUT2D eigenvalue weighted by Crippen LogP contribution is 2.11. The number of carbonyl (C=O) groups is 3. The largest absolute Gasteiger partial charge is 0.481 e. The standard InChI is InChI=1S/C8H12O7/c1-2-15-5(9)3-4(7(11)12)6(10)8(13)14/h4,6,10H,2-3H2,1H3,(H,11,12)(H,13,14). The normalized spacial score (nSPS) is 14.0. The van der Waals surface area contributed by atoms with E-state index in [1.807, 2.05) is 0 Å². The van der Waals surface area contributed by atoms with Crippen LogP contribution >= 0.6 is 0 Å². The number of aliphatic carboxylic acids is 2. The Balaban J connectivity index is 4.48. The minimum Gasteiger partial charge on any atom is -0.481 e. The number of hydrogen-bond donors (Lipinski definition) is 3. The number of ether oxygens (including phenoxy) is 1. The van der Waals surface area contributed by atoms with Gasteiger partial charge in [0.2, 0.25) is 0 Å². The van der Waals surface area contributed by atoms with Gasteiger partial charge in [0.05, 0.1) is 13.0 Å². The molecule has 0 rings (SSSR count). The second-order valence-electron chi connectivity index (χ2n) is 2.74. The quantitative estimate of drug-likeness (QED) is 0.495. The Hall–Kier alpha value is -1.63. The molecule has 2 unspecified atom stereocenters. The van der Waals surface area contributed by atoms with Gasteiger partial charge in [-0.1, -0.05) is 0 Å². The molecule has 15 heavy (non-hydrogen) atoms. The predicted molar refractivity (Wildman–Crippen MR) is 46.0 cm³/mol. The SMILES string of the molecule is CCOC(=O)CC(C(=O)O)C(O)C(=O)O. The van der Waals surface area contributed by atoms with Crippen LogP contribution < -0.4 is 0 Å². The van der Waals surface area contributed by atoms with Crippen molar-refractivity contribution in [3.05, 3.63) is 0 Å². The molecule has 0 aliphatic rings. The highest BCUT2D eigenvalue weighted by atomic mass is 16.5. The van der Waals surface area contributed by atoms with E-state index in [-0.39, 0.29) is 6.61 Å². The Morgan fingerprint density at radius 2 is 1.73 bits per heavy atom. The summed E-state index contributed by atoms with van der Waals surface area (Å²) in [5.41, 5.74) is 0. The van der Waals surface area contributed by atoms with E-state index in [4.69, 9.17) is 15.3 Å². The zero-order valence-electron chi connectivity index (χ0n) is 8.04. The predicted octanol–water partition coefficient (Wildman–Crippen LogP) is -0.914. The number of aliphatic hydroxyl groups excluding tert-OH is 1. The molecule has 0 spiro atoms.